The van der Waals surface area contributed by atoms with Gasteiger partial charge in [-0.05, 0) is 44.3 Å². The highest BCUT2D eigenvalue weighted by atomic mass is 16.6. The van der Waals surface area contributed by atoms with Crippen LogP contribution in [0.5, 0.6) is 0 Å². The predicted molar refractivity (Wildman–Crippen MR) is 92.7 cm³/mol. The molecule has 128 valence electrons. The fourth-order valence-corrected chi connectivity index (χ4v) is 4.07. The van der Waals surface area contributed by atoms with Crippen LogP contribution in [0.1, 0.15) is 43.8 Å². The molecule has 1 aromatic rings. The number of rotatable bonds is 4. The number of likely N-dealkylation sites (tertiary alicyclic amines) is 2. The standard InChI is InChI=1S/C19H25N3O2/c23-19(17-13-18(24-20-17)15-7-2-1-3-8-15)22-12-6-9-16(22)14-21-10-4-5-11-21/h1-3,7-8,16,18H,4-6,9-14H2/t16-,18-/m0/s1. The van der Waals surface area contributed by atoms with Crippen molar-refractivity contribution in [2.75, 3.05) is 26.2 Å². The Kier molecular flexibility index (Phi) is 4.52. The average Bonchev–Trinajstić information content (AvgIpc) is 3.37. The SMILES string of the molecule is O=C(C1=NO[C@H](c2ccccc2)C1)N1CCC[C@H]1CN1CCCC1. The van der Waals surface area contributed by atoms with Crippen LogP contribution in [0.25, 0.3) is 0 Å². The van der Waals surface area contributed by atoms with Crippen LogP contribution in [0.2, 0.25) is 0 Å². The first kappa shape index (κ1) is 15.6. The van der Waals surface area contributed by atoms with Gasteiger partial charge in [0, 0.05) is 25.6 Å². The molecule has 3 aliphatic heterocycles. The third-order valence-corrected chi connectivity index (χ3v) is 5.39. The second-order valence-electron chi connectivity index (χ2n) is 7.05. The molecule has 0 radical (unpaired) electrons. The zero-order valence-corrected chi connectivity index (χ0v) is 14.1. The summed E-state index contributed by atoms with van der Waals surface area (Å²) in [5.41, 5.74) is 1.66. The Balaban J connectivity index is 1.38. The van der Waals surface area contributed by atoms with E-state index in [1.165, 1.54) is 25.9 Å². The van der Waals surface area contributed by atoms with E-state index in [9.17, 15) is 4.79 Å². The molecule has 0 unspecified atom stereocenters. The first-order valence-electron chi connectivity index (χ1n) is 9.12. The quantitative estimate of drug-likeness (QED) is 0.854. The van der Waals surface area contributed by atoms with Gasteiger partial charge in [-0.3, -0.25) is 4.79 Å². The summed E-state index contributed by atoms with van der Waals surface area (Å²) in [5, 5.41) is 4.12. The van der Waals surface area contributed by atoms with Crippen molar-refractivity contribution < 1.29 is 9.63 Å². The van der Waals surface area contributed by atoms with Gasteiger partial charge in [-0.25, -0.2) is 0 Å². The zero-order chi connectivity index (χ0) is 16.4. The Bertz CT molecular complexity index is 610. The van der Waals surface area contributed by atoms with E-state index in [4.69, 9.17) is 4.84 Å². The van der Waals surface area contributed by atoms with Crippen molar-refractivity contribution in [3.8, 4) is 0 Å². The van der Waals surface area contributed by atoms with Crippen molar-refractivity contribution in [1.82, 2.24) is 9.80 Å². The number of carbonyl (C=O) groups excluding carboxylic acids is 1. The second-order valence-corrected chi connectivity index (χ2v) is 7.05. The van der Waals surface area contributed by atoms with Gasteiger partial charge in [0.2, 0.25) is 0 Å². The molecule has 5 nitrogen and oxygen atoms in total. The van der Waals surface area contributed by atoms with E-state index in [0.29, 0.717) is 18.2 Å². The smallest absolute Gasteiger partial charge is 0.272 e. The Labute approximate surface area is 143 Å². The van der Waals surface area contributed by atoms with Crippen LogP contribution in [-0.4, -0.2) is 53.6 Å². The van der Waals surface area contributed by atoms with Crippen LogP contribution in [0, 0.1) is 0 Å². The maximum atomic E-state index is 12.9. The highest BCUT2D eigenvalue weighted by molar-refractivity contribution is 6.39. The minimum atomic E-state index is -0.121. The topological polar surface area (TPSA) is 45.1 Å². The van der Waals surface area contributed by atoms with Gasteiger partial charge in [0.05, 0.1) is 0 Å². The van der Waals surface area contributed by atoms with Crippen LogP contribution in [0.4, 0.5) is 0 Å². The van der Waals surface area contributed by atoms with Crippen molar-refractivity contribution in [3.63, 3.8) is 0 Å². The molecule has 5 heteroatoms. The number of oxime groups is 1. The normalized spacial score (nSPS) is 27.3. The van der Waals surface area contributed by atoms with E-state index in [1.54, 1.807) is 0 Å². The zero-order valence-electron chi connectivity index (χ0n) is 14.1. The summed E-state index contributed by atoms with van der Waals surface area (Å²) in [6.07, 6.45) is 5.25. The summed E-state index contributed by atoms with van der Waals surface area (Å²) in [6, 6.07) is 10.4. The van der Waals surface area contributed by atoms with E-state index in [2.05, 4.69) is 10.1 Å². The van der Waals surface area contributed by atoms with Gasteiger partial charge >= 0.3 is 0 Å². The lowest BCUT2D eigenvalue weighted by Gasteiger charge is -2.28. The predicted octanol–water partition coefficient (Wildman–Crippen LogP) is 2.59. The van der Waals surface area contributed by atoms with Gasteiger partial charge in [0.25, 0.3) is 5.91 Å². The lowest BCUT2D eigenvalue weighted by molar-refractivity contribution is -0.125. The molecule has 0 bridgehead atoms. The van der Waals surface area contributed by atoms with Crippen molar-refractivity contribution in [3.05, 3.63) is 35.9 Å². The summed E-state index contributed by atoms with van der Waals surface area (Å²) in [5.74, 6) is 0.0788. The van der Waals surface area contributed by atoms with Crippen LogP contribution in [0.15, 0.2) is 35.5 Å². The third kappa shape index (κ3) is 3.18. The Morgan fingerprint density at radius 1 is 1.12 bits per heavy atom. The van der Waals surface area contributed by atoms with Gasteiger partial charge in [-0.15, -0.1) is 0 Å². The molecule has 0 aliphatic carbocycles. The van der Waals surface area contributed by atoms with Crippen LogP contribution >= 0.6 is 0 Å². The molecule has 4 rings (SSSR count). The van der Waals surface area contributed by atoms with E-state index in [-0.39, 0.29) is 12.0 Å². The summed E-state index contributed by atoms with van der Waals surface area (Å²) < 4.78 is 0. The van der Waals surface area contributed by atoms with Gasteiger partial charge in [0.1, 0.15) is 5.71 Å². The van der Waals surface area contributed by atoms with Crippen molar-refractivity contribution >= 4 is 11.6 Å². The lowest BCUT2D eigenvalue weighted by atomic mass is 10.0. The Hall–Kier alpha value is -1.88. The number of carbonyl (C=O) groups is 1. The monoisotopic (exact) mass is 327 g/mol. The summed E-state index contributed by atoms with van der Waals surface area (Å²) in [6.45, 7) is 4.23. The van der Waals surface area contributed by atoms with Crippen LogP contribution in [0.3, 0.4) is 0 Å². The van der Waals surface area contributed by atoms with E-state index >= 15 is 0 Å². The summed E-state index contributed by atoms with van der Waals surface area (Å²) in [7, 11) is 0. The Morgan fingerprint density at radius 2 is 1.92 bits per heavy atom. The molecule has 3 aliphatic rings. The van der Waals surface area contributed by atoms with Crippen LogP contribution < -0.4 is 0 Å². The minimum Gasteiger partial charge on any atom is -0.387 e. The maximum absolute atomic E-state index is 12.9. The number of hydrogen-bond acceptors (Lipinski definition) is 4. The van der Waals surface area contributed by atoms with Crippen molar-refractivity contribution in [1.29, 1.82) is 0 Å². The fraction of sp³-hybridized carbons (Fsp3) is 0.579. The molecule has 24 heavy (non-hydrogen) atoms. The molecule has 0 aromatic heterocycles. The largest absolute Gasteiger partial charge is 0.387 e. The van der Waals surface area contributed by atoms with E-state index in [0.717, 1.165) is 31.5 Å². The molecule has 0 saturated carbocycles. The third-order valence-electron chi connectivity index (χ3n) is 5.39. The van der Waals surface area contributed by atoms with Crippen LogP contribution in [-0.2, 0) is 9.63 Å². The molecule has 3 heterocycles. The molecule has 1 amide bonds. The van der Waals surface area contributed by atoms with E-state index < -0.39 is 0 Å². The van der Waals surface area contributed by atoms with Crippen molar-refractivity contribution in [2.45, 2.75) is 44.2 Å². The molecule has 1 aromatic carbocycles. The maximum Gasteiger partial charge on any atom is 0.272 e. The molecule has 2 fully saturated rings. The van der Waals surface area contributed by atoms with Gasteiger partial charge < -0.3 is 14.6 Å². The molecule has 0 spiro atoms. The summed E-state index contributed by atoms with van der Waals surface area (Å²) in [4.78, 5) is 23.0. The first-order valence-corrected chi connectivity index (χ1v) is 9.12. The van der Waals surface area contributed by atoms with E-state index in [1.807, 2.05) is 35.2 Å². The minimum absolute atomic E-state index is 0.0788. The number of amides is 1. The van der Waals surface area contributed by atoms with Gasteiger partial charge in [-0.1, -0.05) is 35.5 Å². The number of benzene rings is 1. The van der Waals surface area contributed by atoms with Gasteiger partial charge in [-0.2, -0.15) is 0 Å². The first-order chi connectivity index (χ1) is 11.8. The lowest BCUT2D eigenvalue weighted by Crippen LogP contribution is -2.45. The molecular formula is C19H25N3O2. The summed E-state index contributed by atoms with van der Waals surface area (Å²) >= 11 is 0. The highest BCUT2D eigenvalue weighted by Gasteiger charge is 2.36. The Morgan fingerprint density at radius 3 is 2.71 bits per heavy atom. The second kappa shape index (κ2) is 6.93. The molecule has 2 atom stereocenters. The number of hydrogen-bond donors (Lipinski definition) is 0. The number of nitrogens with zero attached hydrogens (tertiary/aromatic N) is 3. The highest BCUT2D eigenvalue weighted by Crippen LogP contribution is 2.29. The fourth-order valence-electron chi connectivity index (χ4n) is 4.07. The molecule has 0 N–H and O–H groups in total. The molecule has 2 saturated heterocycles. The van der Waals surface area contributed by atoms with Gasteiger partial charge in [0.15, 0.2) is 6.10 Å². The van der Waals surface area contributed by atoms with Crippen molar-refractivity contribution in [2.24, 2.45) is 5.16 Å². The average molecular weight is 327 g/mol. The molecular weight excluding hydrogens is 302 g/mol.